The van der Waals surface area contributed by atoms with Gasteiger partial charge in [-0.15, -0.1) is 0 Å². The third-order valence-corrected chi connectivity index (χ3v) is 4.70. The lowest BCUT2D eigenvalue weighted by Gasteiger charge is -2.31. The van der Waals surface area contributed by atoms with Crippen LogP contribution in [0, 0.1) is 0 Å². The van der Waals surface area contributed by atoms with Crippen molar-refractivity contribution in [3.8, 4) is 0 Å². The number of rotatable bonds is 7. The summed E-state index contributed by atoms with van der Waals surface area (Å²) in [5.74, 6) is 0.0941. The fourth-order valence-corrected chi connectivity index (χ4v) is 3.33. The zero-order valence-electron chi connectivity index (χ0n) is 16.0. The average Bonchev–Trinajstić information content (AvgIpc) is 2.74. The number of hydrogen-bond acceptors (Lipinski definition) is 3. The Balaban J connectivity index is 1.75. The van der Waals surface area contributed by atoms with Gasteiger partial charge in [0.05, 0.1) is 18.8 Å². The highest BCUT2D eigenvalue weighted by atomic mass is 16.5. The van der Waals surface area contributed by atoms with Gasteiger partial charge in [-0.3, -0.25) is 4.79 Å². The van der Waals surface area contributed by atoms with Crippen LogP contribution in [0.5, 0.6) is 0 Å². The zero-order valence-corrected chi connectivity index (χ0v) is 16.0. The number of carbonyl (C=O) groups excluding carboxylic acids is 1. The smallest absolute Gasteiger partial charge is 0.256 e. The number of carbonyl (C=O) groups is 1. The van der Waals surface area contributed by atoms with E-state index in [1.807, 2.05) is 47.4 Å². The number of morpholine rings is 1. The van der Waals surface area contributed by atoms with Crippen LogP contribution in [0.25, 0.3) is 6.08 Å². The van der Waals surface area contributed by atoms with Gasteiger partial charge < -0.3 is 14.5 Å². The quantitative estimate of drug-likeness (QED) is 0.742. The highest BCUT2D eigenvalue weighted by molar-refractivity contribution is 6.00. The standard InChI is InChI=1S/C23H28N2O2/c1-2-14-25(15-8-11-20-9-4-3-5-10-20)23(26)21-12-6-7-13-22(21)24-16-18-27-19-17-24/h3-13H,2,14-19H2,1H3. The van der Waals surface area contributed by atoms with Gasteiger partial charge in [0.15, 0.2) is 0 Å². The SMILES string of the molecule is CCCN(CC=Cc1ccccc1)C(=O)c1ccccc1N1CCOCC1. The molecule has 1 heterocycles. The minimum Gasteiger partial charge on any atom is -0.378 e. The second-order valence-corrected chi connectivity index (χ2v) is 6.68. The first-order valence-electron chi connectivity index (χ1n) is 9.72. The predicted molar refractivity (Wildman–Crippen MR) is 111 cm³/mol. The lowest BCUT2D eigenvalue weighted by Crippen LogP contribution is -2.39. The van der Waals surface area contributed by atoms with Gasteiger partial charge in [0, 0.05) is 31.9 Å². The molecule has 1 saturated heterocycles. The summed E-state index contributed by atoms with van der Waals surface area (Å²) in [7, 11) is 0. The lowest BCUT2D eigenvalue weighted by molar-refractivity contribution is 0.0773. The van der Waals surface area contributed by atoms with Crippen LogP contribution < -0.4 is 4.90 Å². The summed E-state index contributed by atoms with van der Waals surface area (Å²) in [5, 5.41) is 0. The molecule has 0 atom stereocenters. The second-order valence-electron chi connectivity index (χ2n) is 6.68. The third kappa shape index (κ3) is 5.20. The van der Waals surface area contributed by atoms with E-state index in [9.17, 15) is 4.79 Å². The fraction of sp³-hybridized carbons (Fsp3) is 0.348. The van der Waals surface area contributed by atoms with Gasteiger partial charge in [-0.1, -0.05) is 61.5 Å². The number of ether oxygens (including phenoxy) is 1. The molecule has 2 aromatic carbocycles. The number of nitrogens with zero attached hydrogens (tertiary/aromatic N) is 2. The van der Waals surface area contributed by atoms with Gasteiger partial charge in [0.25, 0.3) is 5.91 Å². The molecule has 0 spiro atoms. The molecule has 1 fully saturated rings. The largest absolute Gasteiger partial charge is 0.378 e. The van der Waals surface area contributed by atoms with E-state index in [1.165, 1.54) is 0 Å². The number of amides is 1. The first kappa shape index (κ1) is 19.2. The topological polar surface area (TPSA) is 32.8 Å². The number of anilines is 1. The molecule has 1 aliphatic heterocycles. The van der Waals surface area contributed by atoms with Crippen molar-refractivity contribution in [2.45, 2.75) is 13.3 Å². The minimum absolute atomic E-state index is 0.0941. The Morgan fingerprint density at radius 1 is 1.07 bits per heavy atom. The third-order valence-electron chi connectivity index (χ3n) is 4.70. The van der Waals surface area contributed by atoms with Crippen LogP contribution in [0.4, 0.5) is 5.69 Å². The van der Waals surface area contributed by atoms with Gasteiger partial charge in [-0.25, -0.2) is 0 Å². The molecule has 0 radical (unpaired) electrons. The lowest BCUT2D eigenvalue weighted by atomic mass is 10.1. The molecule has 4 nitrogen and oxygen atoms in total. The van der Waals surface area contributed by atoms with Gasteiger partial charge in [0.1, 0.15) is 0 Å². The second kappa shape index (κ2) is 9.93. The maximum Gasteiger partial charge on any atom is 0.256 e. The molecule has 0 saturated carbocycles. The van der Waals surface area contributed by atoms with Crippen molar-refractivity contribution in [3.63, 3.8) is 0 Å². The number of benzene rings is 2. The maximum atomic E-state index is 13.3. The summed E-state index contributed by atoms with van der Waals surface area (Å²) >= 11 is 0. The normalized spacial score (nSPS) is 14.5. The van der Waals surface area contributed by atoms with E-state index in [2.05, 4.69) is 36.1 Å². The summed E-state index contributed by atoms with van der Waals surface area (Å²) in [6.45, 7) is 6.53. The molecule has 142 valence electrons. The monoisotopic (exact) mass is 364 g/mol. The predicted octanol–water partition coefficient (Wildman–Crippen LogP) is 4.09. The van der Waals surface area contributed by atoms with E-state index in [0.717, 1.165) is 42.9 Å². The highest BCUT2D eigenvalue weighted by Crippen LogP contribution is 2.23. The van der Waals surface area contributed by atoms with Crippen LogP contribution in [-0.2, 0) is 4.74 Å². The van der Waals surface area contributed by atoms with E-state index in [0.29, 0.717) is 19.8 Å². The van der Waals surface area contributed by atoms with E-state index in [-0.39, 0.29) is 5.91 Å². The maximum absolute atomic E-state index is 13.3. The van der Waals surface area contributed by atoms with E-state index in [4.69, 9.17) is 4.74 Å². The molecule has 2 aromatic rings. The fourth-order valence-electron chi connectivity index (χ4n) is 3.33. The molecule has 3 rings (SSSR count). The van der Waals surface area contributed by atoms with Crippen molar-refractivity contribution < 1.29 is 9.53 Å². The Morgan fingerprint density at radius 2 is 1.78 bits per heavy atom. The van der Waals surface area contributed by atoms with Crippen LogP contribution in [-0.4, -0.2) is 50.2 Å². The van der Waals surface area contributed by atoms with E-state index >= 15 is 0 Å². The first-order valence-corrected chi connectivity index (χ1v) is 9.72. The van der Waals surface area contributed by atoms with Crippen LogP contribution >= 0.6 is 0 Å². The summed E-state index contributed by atoms with van der Waals surface area (Å²) in [4.78, 5) is 17.5. The van der Waals surface area contributed by atoms with Gasteiger partial charge in [-0.05, 0) is 24.1 Å². The summed E-state index contributed by atoms with van der Waals surface area (Å²) < 4.78 is 5.46. The molecule has 0 unspecified atom stereocenters. The first-order chi connectivity index (χ1) is 13.3. The molecule has 0 N–H and O–H groups in total. The van der Waals surface area contributed by atoms with Crippen molar-refractivity contribution in [2.24, 2.45) is 0 Å². The van der Waals surface area contributed by atoms with Crippen LogP contribution in [0.15, 0.2) is 60.7 Å². The molecule has 27 heavy (non-hydrogen) atoms. The van der Waals surface area contributed by atoms with Gasteiger partial charge in [-0.2, -0.15) is 0 Å². The molecule has 4 heteroatoms. The zero-order chi connectivity index (χ0) is 18.9. The average molecular weight is 364 g/mol. The van der Waals surface area contributed by atoms with Crippen LogP contribution in [0.2, 0.25) is 0 Å². The molecule has 0 aromatic heterocycles. The Bertz CT molecular complexity index is 752. The molecule has 1 aliphatic rings. The summed E-state index contributed by atoms with van der Waals surface area (Å²) in [6.07, 6.45) is 5.08. The molecular formula is C23H28N2O2. The molecule has 0 bridgehead atoms. The Hall–Kier alpha value is -2.59. The van der Waals surface area contributed by atoms with Crippen molar-refractivity contribution in [1.29, 1.82) is 0 Å². The Kier molecular flexibility index (Phi) is 7.05. The highest BCUT2D eigenvalue weighted by Gasteiger charge is 2.21. The van der Waals surface area contributed by atoms with Gasteiger partial charge in [0.2, 0.25) is 0 Å². The van der Waals surface area contributed by atoms with Crippen molar-refractivity contribution >= 4 is 17.7 Å². The molecule has 0 aliphatic carbocycles. The van der Waals surface area contributed by atoms with Crippen molar-refractivity contribution in [3.05, 3.63) is 71.8 Å². The number of para-hydroxylation sites is 1. The Morgan fingerprint density at radius 3 is 2.52 bits per heavy atom. The van der Waals surface area contributed by atoms with Crippen LogP contribution in [0.1, 0.15) is 29.3 Å². The van der Waals surface area contributed by atoms with Crippen molar-refractivity contribution in [1.82, 2.24) is 4.90 Å². The van der Waals surface area contributed by atoms with Gasteiger partial charge >= 0.3 is 0 Å². The number of hydrogen-bond donors (Lipinski definition) is 0. The summed E-state index contributed by atoms with van der Waals surface area (Å²) in [6, 6.07) is 18.1. The Labute approximate surface area is 162 Å². The minimum atomic E-state index is 0.0941. The van der Waals surface area contributed by atoms with Crippen molar-refractivity contribution in [2.75, 3.05) is 44.3 Å². The molecule has 1 amide bonds. The van der Waals surface area contributed by atoms with E-state index < -0.39 is 0 Å². The summed E-state index contributed by atoms with van der Waals surface area (Å²) in [5.41, 5.74) is 2.94. The van der Waals surface area contributed by atoms with Crippen LogP contribution in [0.3, 0.4) is 0 Å². The molecular weight excluding hydrogens is 336 g/mol. The van der Waals surface area contributed by atoms with E-state index in [1.54, 1.807) is 0 Å².